The van der Waals surface area contributed by atoms with E-state index in [1.807, 2.05) is 6.92 Å². The first-order chi connectivity index (χ1) is 10.4. The summed E-state index contributed by atoms with van der Waals surface area (Å²) in [7, 11) is 0. The molecule has 22 heavy (non-hydrogen) atoms. The van der Waals surface area contributed by atoms with Gasteiger partial charge in [-0.1, -0.05) is 13.3 Å². The molecule has 0 aromatic heterocycles. The van der Waals surface area contributed by atoms with E-state index >= 15 is 0 Å². The third-order valence-electron chi connectivity index (χ3n) is 3.80. The molecule has 0 spiro atoms. The van der Waals surface area contributed by atoms with E-state index in [9.17, 15) is 18.4 Å². The van der Waals surface area contributed by atoms with Crippen molar-refractivity contribution >= 4 is 11.9 Å². The molecule has 1 aromatic carbocycles. The summed E-state index contributed by atoms with van der Waals surface area (Å²) in [6.07, 6.45) is 1.38. The van der Waals surface area contributed by atoms with Crippen LogP contribution in [0.4, 0.5) is 13.6 Å². The highest BCUT2D eigenvalue weighted by Crippen LogP contribution is 2.25. The van der Waals surface area contributed by atoms with Gasteiger partial charge in [-0.2, -0.15) is 0 Å². The Hall–Kier alpha value is -2.18. The number of urea groups is 1. The van der Waals surface area contributed by atoms with Gasteiger partial charge in [-0.15, -0.1) is 0 Å². The molecule has 2 rings (SSSR count). The highest BCUT2D eigenvalue weighted by molar-refractivity contribution is 5.86. The maximum absolute atomic E-state index is 13.9. The van der Waals surface area contributed by atoms with E-state index in [0.29, 0.717) is 18.4 Å². The molecule has 0 unspecified atom stereocenters. The summed E-state index contributed by atoms with van der Waals surface area (Å²) in [4.78, 5) is 24.9. The van der Waals surface area contributed by atoms with E-state index in [0.717, 1.165) is 12.1 Å². The SMILES string of the molecule is CCC[C@@H](NC(N)=O)C(=O)N1CCc2c(F)ccc(F)c2C1. The highest BCUT2D eigenvalue weighted by Gasteiger charge is 2.29. The minimum atomic E-state index is -0.776. The largest absolute Gasteiger partial charge is 0.352 e. The number of fused-ring (bicyclic) bond motifs is 1. The summed E-state index contributed by atoms with van der Waals surface area (Å²) in [5.41, 5.74) is 5.60. The maximum Gasteiger partial charge on any atom is 0.312 e. The summed E-state index contributed by atoms with van der Waals surface area (Å²) in [5.74, 6) is -1.30. The van der Waals surface area contributed by atoms with Gasteiger partial charge in [0.25, 0.3) is 0 Å². The van der Waals surface area contributed by atoms with Gasteiger partial charge in [0.15, 0.2) is 0 Å². The second kappa shape index (κ2) is 6.72. The Bertz CT molecular complexity index is 592. The first-order valence-corrected chi connectivity index (χ1v) is 7.24. The van der Waals surface area contributed by atoms with Gasteiger partial charge < -0.3 is 16.0 Å². The van der Waals surface area contributed by atoms with E-state index in [1.165, 1.54) is 4.90 Å². The number of benzene rings is 1. The number of hydrogen-bond donors (Lipinski definition) is 2. The second-order valence-electron chi connectivity index (χ2n) is 5.35. The van der Waals surface area contributed by atoms with E-state index < -0.39 is 23.7 Å². The Balaban J connectivity index is 2.18. The summed E-state index contributed by atoms with van der Waals surface area (Å²) in [6.45, 7) is 2.16. The lowest BCUT2D eigenvalue weighted by atomic mass is 9.97. The molecular weight excluding hydrogens is 292 g/mol. The molecule has 0 saturated heterocycles. The van der Waals surface area contributed by atoms with Crippen LogP contribution in [0.5, 0.6) is 0 Å². The number of carbonyl (C=O) groups excluding carboxylic acids is 2. The standard InChI is InChI=1S/C15H19F2N3O2/c1-2-3-13(19-15(18)22)14(21)20-7-6-9-10(8-20)12(17)5-4-11(9)16/h4-5,13H,2-3,6-8H2,1H3,(H3,18,19,22)/t13-/m1/s1. The van der Waals surface area contributed by atoms with Crippen LogP contribution >= 0.6 is 0 Å². The lowest BCUT2D eigenvalue weighted by molar-refractivity contribution is -0.134. The van der Waals surface area contributed by atoms with Crippen molar-refractivity contribution < 1.29 is 18.4 Å². The number of rotatable bonds is 4. The Morgan fingerprint density at radius 3 is 2.55 bits per heavy atom. The molecule has 1 aromatic rings. The van der Waals surface area contributed by atoms with Crippen LogP contribution in [-0.2, 0) is 17.8 Å². The van der Waals surface area contributed by atoms with Gasteiger partial charge in [-0.05, 0) is 30.5 Å². The topological polar surface area (TPSA) is 75.4 Å². The summed E-state index contributed by atoms with van der Waals surface area (Å²) >= 11 is 0. The zero-order valence-corrected chi connectivity index (χ0v) is 12.4. The lowest BCUT2D eigenvalue weighted by Crippen LogP contribution is -2.51. The average molecular weight is 311 g/mol. The lowest BCUT2D eigenvalue weighted by Gasteiger charge is -2.32. The molecule has 0 saturated carbocycles. The van der Waals surface area contributed by atoms with E-state index in [2.05, 4.69) is 5.32 Å². The van der Waals surface area contributed by atoms with Crippen molar-refractivity contribution in [3.63, 3.8) is 0 Å². The smallest absolute Gasteiger partial charge is 0.312 e. The Kier molecular flexibility index (Phi) is 4.95. The zero-order valence-electron chi connectivity index (χ0n) is 12.4. The number of nitrogens with one attached hydrogen (secondary N) is 1. The molecule has 1 atom stereocenters. The maximum atomic E-state index is 13.9. The van der Waals surface area contributed by atoms with Crippen molar-refractivity contribution in [1.82, 2.24) is 10.2 Å². The number of nitrogens with zero attached hydrogens (tertiary/aromatic N) is 1. The van der Waals surface area contributed by atoms with Crippen LogP contribution < -0.4 is 11.1 Å². The third kappa shape index (κ3) is 3.35. The number of nitrogens with two attached hydrogens (primary N) is 1. The summed E-state index contributed by atoms with van der Waals surface area (Å²) < 4.78 is 27.5. The number of primary amides is 1. The van der Waals surface area contributed by atoms with Gasteiger partial charge in [-0.3, -0.25) is 4.79 Å². The molecule has 5 nitrogen and oxygen atoms in total. The monoisotopic (exact) mass is 311 g/mol. The predicted octanol–water partition coefficient (Wildman–Crippen LogP) is 1.69. The van der Waals surface area contributed by atoms with Crippen molar-refractivity contribution in [1.29, 1.82) is 0 Å². The normalized spacial score (nSPS) is 15.1. The van der Waals surface area contributed by atoms with Crippen LogP contribution in [-0.4, -0.2) is 29.4 Å². The van der Waals surface area contributed by atoms with Crippen LogP contribution in [0, 0.1) is 11.6 Å². The van der Waals surface area contributed by atoms with Gasteiger partial charge in [0.05, 0.1) is 0 Å². The molecule has 1 aliphatic heterocycles. The molecule has 0 fully saturated rings. The third-order valence-corrected chi connectivity index (χ3v) is 3.80. The molecule has 120 valence electrons. The molecule has 3 amide bonds. The second-order valence-corrected chi connectivity index (χ2v) is 5.35. The van der Waals surface area contributed by atoms with Crippen LogP contribution in [0.2, 0.25) is 0 Å². The van der Waals surface area contributed by atoms with Crippen LogP contribution in [0.15, 0.2) is 12.1 Å². The Labute approximate surface area is 127 Å². The molecule has 7 heteroatoms. The molecule has 0 aliphatic carbocycles. The fourth-order valence-electron chi connectivity index (χ4n) is 2.72. The summed E-state index contributed by atoms with van der Waals surface area (Å²) in [5, 5.41) is 2.41. The van der Waals surface area contributed by atoms with E-state index in [4.69, 9.17) is 5.73 Å². The summed E-state index contributed by atoms with van der Waals surface area (Å²) in [6, 6.07) is 0.648. The first-order valence-electron chi connectivity index (χ1n) is 7.24. The first kappa shape index (κ1) is 16.2. The minimum Gasteiger partial charge on any atom is -0.352 e. The molecular formula is C15H19F2N3O2. The highest BCUT2D eigenvalue weighted by atomic mass is 19.1. The molecule has 1 aliphatic rings. The van der Waals surface area contributed by atoms with E-state index in [1.54, 1.807) is 0 Å². The minimum absolute atomic E-state index is 0.00157. The average Bonchev–Trinajstić information content (AvgIpc) is 2.49. The van der Waals surface area contributed by atoms with Crippen LogP contribution in [0.25, 0.3) is 0 Å². The van der Waals surface area contributed by atoms with Gasteiger partial charge in [0, 0.05) is 18.7 Å². The molecule has 1 heterocycles. The predicted molar refractivity (Wildman–Crippen MR) is 76.9 cm³/mol. The van der Waals surface area contributed by atoms with Crippen LogP contribution in [0.1, 0.15) is 30.9 Å². The van der Waals surface area contributed by atoms with Gasteiger partial charge >= 0.3 is 6.03 Å². The fraction of sp³-hybridized carbons (Fsp3) is 0.467. The van der Waals surface area contributed by atoms with Gasteiger partial charge in [0.1, 0.15) is 17.7 Å². The van der Waals surface area contributed by atoms with Gasteiger partial charge in [-0.25, -0.2) is 13.6 Å². The van der Waals surface area contributed by atoms with Crippen molar-refractivity contribution in [2.24, 2.45) is 5.73 Å². The number of halogens is 2. The molecule has 3 N–H and O–H groups in total. The number of amides is 3. The Morgan fingerprint density at radius 1 is 1.32 bits per heavy atom. The Morgan fingerprint density at radius 2 is 1.95 bits per heavy atom. The zero-order chi connectivity index (χ0) is 16.3. The number of hydrogen-bond acceptors (Lipinski definition) is 2. The van der Waals surface area contributed by atoms with Crippen molar-refractivity contribution in [3.05, 3.63) is 34.9 Å². The van der Waals surface area contributed by atoms with Crippen LogP contribution in [0.3, 0.4) is 0 Å². The van der Waals surface area contributed by atoms with Crippen molar-refractivity contribution in [3.8, 4) is 0 Å². The quantitative estimate of drug-likeness (QED) is 0.888. The number of carbonyl (C=O) groups is 2. The van der Waals surface area contributed by atoms with Crippen molar-refractivity contribution in [2.45, 2.75) is 38.8 Å². The molecule has 0 radical (unpaired) electrons. The van der Waals surface area contributed by atoms with Gasteiger partial charge in [0.2, 0.25) is 5.91 Å². The fourth-order valence-corrected chi connectivity index (χ4v) is 2.72. The molecule has 0 bridgehead atoms. The van der Waals surface area contributed by atoms with Crippen molar-refractivity contribution in [2.75, 3.05) is 6.54 Å². The van der Waals surface area contributed by atoms with E-state index in [-0.39, 0.29) is 31.0 Å².